The summed E-state index contributed by atoms with van der Waals surface area (Å²) in [5, 5.41) is 0.566. The standard InChI is InChI=1S/C16H9F3OS/c1-8-2-4-11(15(19)14(8)18)16(20)13-7-9-6-10(17)3-5-12(9)21-13/h2-7H,1H3. The predicted octanol–water partition coefficient (Wildman–Crippen LogP) is 4.86. The van der Waals surface area contributed by atoms with Crippen LogP contribution in [0.15, 0.2) is 36.4 Å². The van der Waals surface area contributed by atoms with Crippen LogP contribution in [-0.4, -0.2) is 5.78 Å². The van der Waals surface area contributed by atoms with Crippen LogP contribution in [-0.2, 0) is 0 Å². The number of benzene rings is 2. The maximum Gasteiger partial charge on any atom is 0.206 e. The lowest BCUT2D eigenvalue weighted by Gasteiger charge is -2.03. The van der Waals surface area contributed by atoms with E-state index in [9.17, 15) is 18.0 Å². The molecule has 3 rings (SSSR count). The van der Waals surface area contributed by atoms with Gasteiger partial charge in [-0.15, -0.1) is 11.3 Å². The van der Waals surface area contributed by atoms with Gasteiger partial charge in [0.2, 0.25) is 5.78 Å². The van der Waals surface area contributed by atoms with E-state index in [4.69, 9.17) is 0 Å². The minimum Gasteiger partial charge on any atom is -0.288 e. The van der Waals surface area contributed by atoms with Crippen molar-refractivity contribution in [2.45, 2.75) is 6.92 Å². The fourth-order valence-electron chi connectivity index (χ4n) is 2.08. The molecule has 0 saturated carbocycles. The van der Waals surface area contributed by atoms with Crippen LogP contribution in [0.25, 0.3) is 10.1 Å². The van der Waals surface area contributed by atoms with Gasteiger partial charge in [0, 0.05) is 4.70 Å². The SMILES string of the molecule is Cc1ccc(C(=O)c2cc3cc(F)ccc3s2)c(F)c1F. The smallest absolute Gasteiger partial charge is 0.206 e. The molecule has 0 aliphatic heterocycles. The molecule has 1 nitrogen and oxygen atoms in total. The lowest BCUT2D eigenvalue weighted by Crippen LogP contribution is -2.05. The number of rotatable bonds is 2. The normalized spacial score (nSPS) is 11.0. The summed E-state index contributed by atoms with van der Waals surface area (Å²) in [6.45, 7) is 1.43. The first kappa shape index (κ1) is 13.8. The summed E-state index contributed by atoms with van der Waals surface area (Å²) in [6.07, 6.45) is 0. The van der Waals surface area contributed by atoms with E-state index in [1.54, 1.807) is 6.07 Å². The second-order valence-corrected chi connectivity index (χ2v) is 5.76. The third-order valence-corrected chi connectivity index (χ3v) is 4.34. The van der Waals surface area contributed by atoms with Gasteiger partial charge >= 0.3 is 0 Å². The molecular weight excluding hydrogens is 297 g/mol. The Morgan fingerprint density at radius 1 is 1.00 bits per heavy atom. The molecule has 2 aromatic carbocycles. The highest BCUT2D eigenvalue weighted by Crippen LogP contribution is 2.29. The summed E-state index contributed by atoms with van der Waals surface area (Å²) >= 11 is 1.12. The van der Waals surface area contributed by atoms with E-state index in [-0.39, 0.29) is 16.0 Å². The van der Waals surface area contributed by atoms with Gasteiger partial charge in [-0.25, -0.2) is 13.2 Å². The first-order valence-electron chi connectivity index (χ1n) is 6.16. The van der Waals surface area contributed by atoms with E-state index >= 15 is 0 Å². The highest BCUT2D eigenvalue weighted by atomic mass is 32.1. The van der Waals surface area contributed by atoms with E-state index in [0.717, 1.165) is 11.3 Å². The fourth-order valence-corrected chi connectivity index (χ4v) is 3.08. The van der Waals surface area contributed by atoms with Gasteiger partial charge in [0.25, 0.3) is 0 Å². The summed E-state index contributed by atoms with van der Waals surface area (Å²) in [6, 6.07) is 8.26. The molecule has 0 aliphatic carbocycles. The van der Waals surface area contributed by atoms with Gasteiger partial charge < -0.3 is 0 Å². The van der Waals surface area contributed by atoms with Gasteiger partial charge in [0.1, 0.15) is 5.82 Å². The van der Waals surface area contributed by atoms with Crippen molar-refractivity contribution in [1.29, 1.82) is 0 Å². The third kappa shape index (κ3) is 2.34. The number of fused-ring (bicyclic) bond motifs is 1. The van der Waals surface area contributed by atoms with Crippen LogP contribution in [0.5, 0.6) is 0 Å². The van der Waals surface area contributed by atoms with Crippen molar-refractivity contribution in [3.8, 4) is 0 Å². The summed E-state index contributed by atoms with van der Waals surface area (Å²) in [5.74, 6) is -3.18. The highest BCUT2D eigenvalue weighted by molar-refractivity contribution is 7.21. The molecule has 0 radical (unpaired) electrons. The van der Waals surface area contributed by atoms with Crippen molar-refractivity contribution in [3.63, 3.8) is 0 Å². The molecule has 5 heteroatoms. The third-order valence-electron chi connectivity index (χ3n) is 3.22. The predicted molar refractivity (Wildman–Crippen MR) is 76.3 cm³/mol. The molecular formula is C16H9F3OS. The number of thiophene rings is 1. The molecule has 0 N–H and O–H groups in total. The van der Waals surface area contributed by atoms with Gasteiger partial charge in [-0.05, 0) is 48.2 Å². The molecule has 1 heterocycles. The molecule has 0 spiro atoms. The average Bonchev–Trinajstić information content (AvgIpc) is 2.87. The highest BCUT2D eigenvalue weighted by Gasteiger charge is 2.20. The Balaban J connectivity index is 2.10. The maximum atomic E-state index is 13.9. The van der Waals surface area contributed by atoms with Crippen molar-refractivity contribution in [1.82, 2.24) is 0 Å². The van der Waals surface area contributed by atoms with Crippen molar-refractivity contribution in [3.05, 3.63) is 69.9 Å². The molecule has 21 heavy (non-hydrogen) atoms. The van der Waals surface area contributed by atoms with Crippen LogP contribution in [0.1, 0.15) is 20.8 Å². The van der Waals surface area contributed by atoms with Crippen molar-refractivity contribution < 1.29 is 18.0 Å². The van der Waals surface area contributed by atoms with E-state index in [1.807, 2.05) is 0 Å². The number of aryl methyl sites for hydroxylation is 1. The molecule has 0 fully saturated rings. The van der Waals surface area contributed by atoms with Crippen LogP contribution < -0.4 is 0 Å². The summed E-state index contributed by atoms with van der Waals surface area (Å²) in [4.78, 5) is 12.5. The van der Waals surface area contributed by atoms with E-state index in [0.29, 0.717) is 10.1 Å². The van der Waals surface area contributed by atoms with Gasteiger partial charge in [-0.1, -0.05) is 6.07 Å². The fraction of sp³-hybridized carbons (Fsp3) is 0.0625. The zero-order valence-corrected chi connectivity index (χ0v) is 11.7. The zero-order valence-electron chi connectivity index (χ0n) is 10.9. The maximum absolute atomic E-state index is 13.9. The molecule has 0 saturated heterocycles. The Morgan fingerprint density at radius 2 is 1.76 bits per heavy atom. The van der Waals surface area contributed by atoms with E-state index in [1.165, 1.54) is 37.3 Å². The number of hydrogen-bond acceptors (Lipinski definition) is 2. The van der Waals surface area contributed by atoms with Crippen LogP contribution in [0.4, 0.5) is 13.2 Å². The average molecular weight is 306 g/mol. The monoisotopic (exact) mass is 306 g/mol. The summed E-state index contributed by atoms with van der Waals surface area (Å²) in [5.41, 5.74) is -0.174. The zero-order chi connectivity index (χ0) is 15.1. The number of carbonyl (C=O) groups excluding carboxylic acids is 1. The Hall–Kier alpha value is -2.14. The molecule has 0 bridgehead atoms. The quantitative estimate of drug-likeness (QED) is 0.618. The molecule has 106 valence electrons. The Kier molecular flexibility index (Phi) is 3.29. The largest absolute Gasteiger partial charge is 0.288 e. The van der Waals surface area contributed by atoms with Gasteiger partial charge in [-0.2, -0.15) is 0 Å². The summed E-state index contributed by atoms with van der Waals surface area (Å²) in [7, 11) is 0. The van der Waals surface area contributed by atoms with Gasteiger partial charge in [0.15, 0.2) is 11.6 Å². The van der Waals surface area contributed by atoms with Crippen molar-refractivity contribution >= 4 is 27.2 Å². The van der Waals surface area contributed by atoms with Crippen molar-refractivity contribution in [2.75, 3.05) is 0 Å². The number of carbonyl (C=O) groups is 1. The van der Waals surface area contributed by atoms with Crippen LogP contribution in [0, 0.1) is 24.4 Å². The van der Waals surface area contributed by atoms with Gasteiger partial charge in [-0.3, -0.25) is 4.79 Å². The molecule has 1 aromatic heterocycles. The van der Waals surface area contributed by atoms with Crippen LogP contribution >= 0.6 is 11.3 Å². The molecule has 0 unspecified atom stereocenters. The second-order valence-electron chi connectivity index (χ2n) is 4.68. The first-order valence-corrected chi connectivity index (χ1v) is 6.97. The van der Waals surface area contributed by atoms with E-state index < -0.39 is 23.2 Å². The number of hydrogen-bond donors (Lipinski definition) is 0. The molecule has 0 amide bonds. The van der Waals surface area contributed by atoms with Crippen molar-refractivity contribution in [2.24, 2.45) is 0 Å². The first-order chi connectivity index (χ1) is 9.97. The number of halogens is 3. The Labute approximate surface area is 122 Å². The molecule has 3 aromatic rings. The topological polar surface area (TPSA) is 17.1 Å². The van der Waals surface area contributed by atoms with Crippen LogP contribution in [0.3, 0.4) is 0 Å². The lowest BCUT2D eigenvalue weighted by atomic mass is 10.1. The minimum absolute atomic E-state index is 0.141. The Morgan fingerprint density at radius 3 is 2.52 bits per heavy atom. The minimum atomic E-state index is -1.15. The van der Waals surface area contributed by atoms with Crippen LogP contribution in [0.2, 0.25) is 0 Å². The second kappa shape index (κ2) is 5.00. The Bertz CT molecular complexity index is 867. The van der Waals surface area contributed by atoms with E-state index in [2.05, 4.69) is 0 Å². The summed E-state index contributed by atoms with van der Waals surface area (Å²) < 4.78 is 41.3. The number of ketones is 1. The molecule has 0 atom stereocenters. The molecule has 0 aliphatic rings. The lowest BCUT2D eigenvalue weighted by molar-refractivity contribution is 0.103. The van der Waals surface area contributed by atoms with Gasteiger partial charge in [0.05, 0.1) is 10.4 Å².